The molecule has 1 heterocycles. The molecule has 0 amide bonds. The average molecular weight is 522 g/mol. The highest BCUT2D eigenvalue weighted by Crippen LogP contribution is 2.33. The van der Waals surface area contributed by atoms with Crippen LogP contribution in [0.3, 0.4) is 0 Å². The Morgan fingerprint density at radius 1 is 1.09 bits per heavy atom. The molecule has 4 rings (SSSR count). The Labute approximate surface area is 205 Å². The van der Waals surface area contributed by atoms with Gasteiger partial charge in [-0.05, 0) is 56.1 Å². The van der Waals surface area contributed by atoms with Crippen LogP contribution in [0.15, 0.2) is 76.2 Å². The second kappa shape index (κ2) is 10.1. The van der Waals surface area contributed by atoms with Crippen LogP contribution in [0, 0.1) is 0 Å². The molecule has 0 radical (unpaired) electrons. The summed E-state index contributed by atoms with van der Waals surface area (Å²) in [5, 5.41) is 20.6. The van der Waals surface area contributed by atoms with Crippen molar-refractivity contribution in [3.63, 3.8) is 0 Å². The number of rotatable bonds is 8. The van der Waals surface area contributed by atoms with Gasteiger partial charge in [-0.3, -0.25) is 0 Å². The molecule has 1 aromatic heterocycles. The summed E-state index contributed by atoms with van der Waals surface area (Å²) in [7, 11) is 4.03. The van der Waals surface area contributed by atoms with Crippen LogP contribution in [-0.4, -0.2) is 52.5 Å². The fourth-order valence-electron chi connectivity index (χ4n) is 3.71. The predicted molar refractivity (Wildman–Crippen MR) is 136 cm³/mol. The van der Waals surface area contributed by atoms with Crippen LogP contribution in [0.5, 0.6) is 11.6 Å². The molecular weight excluding hydrogens is 498 g/mol. The summed E-state index contributed by atoms with van der Waals surface area (Å²) in [6.45, 7) is 0.369. The number of hydrogen-bond donors (Lipinski definition) is 3. The smallest absolute Gasteiger partial charge is 0.341 e. The molecular formula is C26H24BrN3O4. The Morgan fingerprint density at radius 3 is 2.56 bits per heavy atom. The van der Waals surface area contributed by atoms with Gasteiger partial charge in [0, 0.05) is 22.0 Å². The van der Waals surface area contributed by atoms with Crippen molar-refractivity contribution in [1.29, 1.82) is 0 Å². The molecule has 0 fully saturated rings. The number of carboxylic acid groups (broad SMARTS) is 1. The van der Waals surface area contributed by atoms with Gasteiger partial charge in [-0.25, -0.2) is 9.79 Å². The summed E-state index contributed by atoms with van der Waals surface area (Å²) in [5.74, 6) is -0.666. The molecule has 0 spiro atoms. The van der Waals surface area contributed by atoms with Crippen molar-refractivity contribution < 1.29 is 19.7 Å². The van der Waals surface area contributed by atoms with Gasteiger partial charge in [-0.1, -0.05) is 46.3 Å². The van der Waals surface area contributed by atoms with E-state index < -0.39 is 12.6 Å². The number of nitrogens with one attached hydrogen (secondary N) is 1. The number of nitrogens with zero attached hydrogens (tertiary/aromatic N) is 2. The summed E-state index contributed by atoms with van der Waals surface area (Å²) in [6.07, 6.45) is 0. The van der Waals surface area contributed by atoms with Crippen LogP contribution in [0.1, 0.15) is 16.7 Å². The number of aliphatic imine (C=N–C) groups is 1. The maximum absolute atomic E-state index is 10.9. The van der Waals surface area contributed by atoms with E-state index in [1.54, 1.807) is 18.2 Å². The number of aromatic hydroxyl groups is 1. The van der Waals surface area contributed by atoms with Gasteiger partial charge in [0.25, 0.3) is 0 Å². The number of benzene rings is 3. The van der Waals surface area contributed by atoms with E-state index in [1.165, 1.54) is 0 Å². The predicted octanol–water partition coefficient (Wildman–Crippen LogP) is 5.33. The van der Waals surface area contributed by atoms with Crippen molar-refractivity contribution >= 4 is 44.2 Å². The molecule has 3 aromatic carbocycles. The van der Waals surface area contributed by atoms with Gasteiger partial charge in [0.2, 0.25) is 0 Å². The third-order valence-corrected chi connectivity index (χ3v) is 5.62. The lowest BCUT2D eigenvalue weighted by atomic mass is 10.0. The van der Waals surface area contributed by atoms with Gasteiger partial charge in [0.15, 0.2) is 12.5 Å². The van der Waals surface area contributed by atoms with E-state index in [9.17, 15) is 9.90 Å². The molecule has 0 bridgehead atoms. The number of halogens is 1. The van der Waals surface area contributed by atoms with Gasteiger partial charge in [-0.15, -0.1) is 0 Å². The normalized spacial score (nSPS) is 11.8. The lowest BCUT2D eigenvalue weighted by molar-refractivity contribution is -0.139. The van der Waals surface area contributed by atoms with E-state index in [-0.39, 0.29) is 5.88 Å². The van der Waals surface area contributed by atoms with Gasteiger partial charge in [0.05, 0.1) is 22.5 Å². The van der Waals surface area contributed by atoms with Crippen molar-refractivity contribution in [2.45, 2.75) is 6.54 Å². The maximum atomic E-state index is 10.9. The largest absolute Gasteiger partial charge is 0.494 e. The molecule has 7 nitrogen and oxygen atoms in total. The number of carbonyl (C=O) groups is 1. The van der Waals surface area contributed by atoms with Crippen molar-refractivity contribution in [1.82, 2.24) is 9.88 Å². The van der Waals surface area contributed by atoms with Crippen LogP contribution in [0.2, 0.25) is 0 Å². The molecule has 0 aliphatic heterocycles. The van der Waals surface area contributed by atoms with E-state index in [0.717, 1.165) is 33.2 Å². The highest BCUT2D eigenvalue weighted by molar-refractivity contribution is 9.10. The minimum absolute atomic E-state index is 0.00654. The SMILES string of the molecule is CN(C)Cc1ccc(N=C(c2cccc(OCC(=O)O)c2)c2c(O)[nH]c3cc(Br)ccc23)cc1. The Balaban J connectivity index is 1.84. The second-order valence-electron chi connectivity index (χ2n) is 8.11. The zero-order chi connectivity index (χ0) is 24.2. The monoisotopic (exact) mass is 521 g/mol. The maximum Gasteiger partial charge on any atom is 0.341 e. The summed E-state index contributed by atoms with van der Waals surface area (Å²) in [5.41, 5.74) is 4.41. The Bertz CT molecular complexity index is 1360. The lowest BCUT2D eigenvalue weighted by Crippen LogP contribution is -2.10. The van der Waals surface area contributed by atoms with Gasteiger partial charge in [-0.2, -0.15) is 0 Å². The Kier molecular flexibility index (Phi) is 7.00. The second-order valence-corrected chi connectivity index (χ2v) is 9.03. The molecule has 0 atom stereocenters. The summed E-state index contributed by atoms with van der Waals surface area (Å²) in [4.78, 5) is 21.0. The first-order valence-corrected chi connectivity index (χ1v) is 11.4. The van der Waals surface area contributed by atoms with E-state index in [1.807, 2.05) is 62.6 Å². The van der Waals surface area contributed by atoms with Crippen LogP contribution in [0.4, 0.5) is 5.69 Å². The van der Waals surface area contributed by atoms with Crippen molar-refractivity contribution in [3.05, 3.63) is 87.9 Å². The van der Waals surface area contributed by atoms with E-state index in [2.05, 4.69) is 25.8 Å². The molecule has 3 N–H and O–H groups in total. The first-order valence-electron chi connectivity index (χ1n) is 10.6. The molecule has 8 heteroatoms. The van der Waals surface area contributed by atoms with Crippen molar-refractivity contribution in [3.8, 4) is 11.6 Å². The minimum atomic E-state index is -1.06. The van der Waals surface area contributed by atoms with Crippen LogP contribution in [-0.2, 0) is 11.3 Å². The fourth-order valence-corrected chi connectivity index (χ4v) is 4.07. The molecule has 4 aromatic rings. The highest BCUT2D eigenvalue weighted by Gasteiger charge is 2.19. The van der Waals surface area contributed by atoms with E-state index in [0.29, 0.717) is 22.6 Å². The third kappa shape index (κ3) is 5.47. The number of aromatic amines is 1. The van der Waals surface area contributed by atoms with Crippen molar-refractivity contribution in [2.75, 3.05) is 20.7 Å². The first kappa shape index (κ1) is 23.5. The molecule has 0 aliphatic rings. The van der Waals surface area contributed by atoms with E-state index in [4.69, 9.17) is 14.8 Å². The zero-order valence-corrected chi connectivity index (χ0v) is 20.3. The highest BCUT2D eigenvalue weighted by atomic mass is 79.9. The molecule has 0 saturated heterocycles. The number of H-pyrrole nitrogens is 1. The summed E-state index contributed by atoms with van der Waals surface area (Å²) >= 11 is 3.46. The number of fused-ring (bicyclic) bond motifs is 1. The van der Waals surface area contributed by atoms with Crippen LogP contribution >= 0.6 is 15.9 Å². The fraction of sp³-hybridized carbons (Fsp3) is 0.154. The van der Waals surface area contributed by atoms with Gasteiger partial charge < -0.3 is 24.8 Å². The molecule has 34 heavy (non-hydrogen) atoms. The first-order chi connectivity index (χ1) is 16.3. The summed E-state index contributed by atoms with van der Waals surface area (Å²) < 4.78 is 6.26. The molecule has 174 valence electrons. The van der Waals surface area contributed by atoms with Crippen molar-refractivity contribution in [2.24, 2.45) is 4.99 Å². The van der Waals surface area contributed by atoms with Gasteiger partial charge in [0.1, 0.15) is 5.75 Å². The zero-order valence-electron chi connectivity index (χ0n) is 18.7. The Morgan fingerprint density at radius 2 is 1.85 bits per heavy atom. The van der Waals surface area contributed by atoms with E-state index >= 15 is 0 Å². The van der Waals surface area contributed by atoms with Crippen LogP contribution < -0.4 is 4.74 Å². The number of carboxylic acids is 1. The summed E-state index contributed by atoms with van der Waals surface area (Å²) in [6, 6.07) is 20.6. The minimum Gasteiger partial charge on any atom is -0.494 e. The molecule has 0 aliphatic carbocycles. The lowest BCUT2D eigenvalue weighted by Gasteiger charge is -2.11. The number of hydrogen-bond acceptors (Lipinski definition) is 5. The molecule has 0 unspecified atom stereocenters. The van der Waals surface area contributed by atoms with Crippen LogP contribution in [0.25, 0.3) is 10.9 Å². The quantitative estimate of drug-likeness (QED) is 0.272. The third-order valence-electron chi connectivity index (χ3n) is 5.12. The number of aromatic nitrogens is 1. The topological polar surface area (TPSA) is 98.2 Å². The average Bonchev–Trinajstić information content (AvgIpc) is 3.11. The van der Waals surface area contributed by atoms with Gasteiger partial charge >= 0.3 is 5.97 Å². The number of aliphatic carboxylic acids is 1. The standard InChI is InChI=1S/C26H24BrN3O4/c1-30(2)14-16-6-9-19(10-7-16)28-25(17-4-3-5-20(12-17)34-15-23(31)32)24-21-11-8-18(27)13-22(21)29-26(24)33/h3-13,29,33H,14-15H2,1-2H3,(H,31,32). The Hall–Kier alpha value is -3.62. The number of ether oxygens (including phenoxy) is 1. The molecule has 0 saturated carbocycles.